The number of nitrogens with one attached hydrogen (secondary N) is 1. The number of alkyl halides is 1. The predicted molar refractivity (Wildman–Crippen MR) is 140 cm³/mol. The number of methoxy groups -OCH3 is 1. The van der Waals surface area contributed by atoms with Gasteiger partial charge in [0.25, 0.3) is 0 Å². The maximum Gasteiger partial charge on any atom is 0.191 e. The smallest absolute Gasteiger partial charge is 0.191 e. The fourth-order valence-electron chi connectivity index (χ4n) is 4.89. The van der Waals surface area contributed by atoms with Crippen LogP contribution in [0.25, 0.3) is 0 Å². The summed E-state index contributed by atoms with van der Waals surface area (Å²) in [6.07, 6.45) is 12.4. The number of nitroso groups, excluding NO2 is 1. The van der Waals surface area contributed by atoms with Crippen molar-refractivity contribution in [3.8, 4) is 0 Å². The maximum atomic E-state index is 14.0. The zero-order valence-corrected chi connectivity index (χ0v) is 22.0. The Balaban J connectivity index is 1.84. The summed E-state index contributed by atoms with van der Waals surface area (Å²) in [5.74, 6) is 0. The van der Waals surface area contributed by atoms with Crippen LogP contribution in [-0.4, -0.2) is 87.3 Å². The minimum atomic E-state index is -0.590. The van der Waals surface area contributed by atoms with Crippen molar-refractivity contribution in [1.82, 2.24) is 15.1 Å². The van der Waals surface area contributed by atoms with Crippen molar-refractivity contribution in [3.63, 3.8) is 0 Å². The molecular formula is C26H46FN5O3. The summed E-state index contributed by atoms with van der Waals surface area (Å²) in [6.45, 7) is 7.38. The van der Waals surface area contributed by atoms with E-state index >= 15 is 0 Å². The lowest BCUT2D eigenvalue weighted by atomic mass is 9.99. The molecule has 35 heavy (non-hydrogen) atoms. The first kappa shape index (κ1) is 29.4. The van der Waals surface area contributed by atoms with Crippen LogP contribution in [-0.2, 0) is 9.47 Å². The zero-order valence-electron chi connectivity index (χ0n) is 22.0. The molecule has 0 aromatic rings. The van der Waals surface area contributed by atoms with Gasteiger partial charge in [-0.3, -0.25) is 4.90 Å². The lowest BCUT2D eigenvalue weighted by Crippen LogP contribution is -2.43. The molecule has 5 unspecified atom stereocenters. The van der Waals surface area contributed by atoms with Gasteiger partial charge in [-0.2, -0.15) is 0 Å². The van der Waals surface area contributed by atoms with Crippen LogP contribution in [0.1, 0.15) is 52.4 Å². The van der Waals surface area contributed by atoms with Gasteiger partial charge in [0, 0.05) is 51.0 Å². The average Bonchev–Trinajstić information content (AvgIpc) is 3.39. The van der Waals surface area contributed by atoms with Crippen molar-refractivity contribution in [1.29, 1.82) is 0 Å². The van der Waals surface area contributed by atoms with Gasteiger partial charge in [0.15, 0.2) is 6.23 Å². The Kier molecular flexibility index (Phi) is 13.5. The number of nitrogens with two attached hydrogens (primary N) is 1. The van der Waals surface area contributed by atoms with Crippen LogP contribution in [0.3, 0.4) is 0 Å². The molecule has 2 rings (SSSR count). The number of ether oxygens (including phenoxy) is 2. The molecule has 0 amide bonds. The fraction of sp³-hybridized carbons (Fsp3) is 0.769. The third-order valence-corrected chi connectivity index (χ3v) is 7.05. The maximum absolute atomic E-state index is 14.0. The Morgan fingerprint density at radius 2 is 2.09 bits per heavy atom. The van der Waals surface area contributed by atoms with E-state index in [9.17, 15) is 9.30 Å². The van der Waals surface area contributed by atoms with E-state index in [0.717, 1.165) is 31.5 Å². The van der Waals surface area contributed by atoms with Crippen molar-refractivity contribution in [2.75, 3.05) is 47.0 Å². The van der Waals surface area contributed by atoms with E-state index in [0.29, 0.717) is 18.5 Å². The largest absolute Gasteiger partial charge is 0.401 e. The van der Waals surface area contributed by atoms with Crippen molar-refractivity contribution in [3.05, 3.63) is 40.6 Å². The molecule has 0 radical (unpaired) electrons. The van der Waals surface area contributed by atoms with E-state index in [4.69, 9.17) is 15.2 Å². The van der Waals surface area contributed by atoms with Crippen molar-refractivity contribution < 1.29 is 13.9 Å². The van der Waals surface area contributed by atoms with Crippen molar-refractivity contribution in [2.45, 2.75) is 82.9 Å². The summed E-state index contributed by atoms with van der Waals surface area (Å²) in [5.41, 5.74) is 7.91. The number of allylic oxidation sites excluding steroid dienone is 2. The molecule has 0 aliphatic carbocycles. The highest BCUT2D eigenvalue weighted by Crippen LogP contribution is 2.24. The molecule has 0 saturated carbocycles. The Hall–Kier alpha value is -1.81. The molecule has 9 heteroatoms. The molecule has 0 aromatic carbocycles. The van der Waals surface area contributed by atoms with E-state index < -0.39 is 18.9 Å². The molecule has 2 fully saturated rings. The first-order valence-corrected chi connectivity index (χ1v) is 12.9. The molecule has 5 atom stereocenters. The van der Waals surface area contributed by atoms with Gasteiger partial charge in [0.1, 0.15) is 12.8 Å². The van der Waals surface area contributed by atoms with Crippen LogP contribution in [0.2, 0.25) is 0 Å². The number of hydrogen-bond acceptors (Lipinski definition) is 8. The van der Waals surface area contributed by atoms with Gasteiger partial charge in [0.2, 0.25) is 0 Å². The lowest BCUT2D eigenvalue weighted by Gasteiger charge is -2.36. The van der Waals surface area contributed by atoms with Crippen molar-refractivity contribution in [2.24, 2.45) is 10.9 Å². The zero-order chi connectivity index (χ0) is 25.6. The number of nitrogens with zero attached hydrogens (tertiary/aromatic N) is 3. The molecule has 3 N–H and O–H groups in total. The quantitative estimate of drug-likeness (QED) is 0.264. The van der Waals surface area contributed by atoms with Gasteiger partial charge < -0.3 is 25.4 Å². The fourth-order valence-corrected chi connectivity index (χ4v) is 4.89. The Morgan fingerprint density at radius 3 is 2.71 bits per heavy atom. The van der Waals surface area contributed by atoms with E-state index in [1.807, 2.05) is 27.0 Å². The van der Waals surface area contributed by atoms with Crippen LogP contribution in [0.5, 0.6) is 0 Å². The molecule has 2 aliphatic rings. The van der Waals surface area contributed by atoms with E-state index in [1.165, 1.54) is 25.9 Å². The number of rotatable bonds is 15. The molecule has 2 saturated heterocycles. The Morgan fingerprint density at radius 1 is 1.34 bits per heavy atom. The minimum Gasteiger partial charge on any atom is -0.401 e. The monoisotopic (exact) mass is 495 g/mol. The topological polar surface area (TPSA) is 92.4 Å². The molecule has 0 bridgehead atoms. The van der Waals surface area contributed by atoms with E-state index in [1.54, 1.807) is 13.3 Å². The summed E-state index contributed by atoms with van der Waals surface area (Å²) in [6, 6.07) is -0.306. The third kappa shape index (κ3) is 9.99. The predicted octanol–water partition coefficient (Wildman–Crippen LogP) is 3.70. The first-order chi connectivity index (χ1) is 16.9. The summed E-state index contributed by atoms with van der Waals surface area (Å²) in [4.78, 5) is 15.5. The van der Waals surface area contributed by atoms with Gasteiger partial charge in [-0.05, 0) is 70.4 Å². The first-order valence-electron chi connectivity index (χ1n) is 12.9. The Bertz CT molecular complexity index is 711. The Labute approximate surface area is 210 Å². The SMILES string of the molecule is C/C=C(\C/C=C\CN1CCCC1)C(OC)C(CF)N/C=C(\N)CCN(C)C1CC(C)OC(N=O)C1. The van der Waals surface area contributed by atoms with Gasteiger partial charge in [-0.15, -0.1) is 4.91 Å². The van der Waals surface area contributed by atoms with Crippen LogP contribution in [0.4, 0.5) is 4.39 Å². The van der Waals surface area contributed by atoms with Gasteiger partial charge in [0.05, 0.1) is 12.1 Å². The summed E-state index contributed by atoms with van der Waals surface area (Å²) < 4.78 is 25.2. The highest BCUT2D eigenvalue weighted by molar-refractivity contribution is 5.16. The normalized spacial score (nSPS) is 26.4. The second-order valence-corrected chi connectivity index (χ2v) is 9.71. The van der Waals surface area contributed by atoms with Gasteiger partial charge >= 0.3 is 0 Å². The molecular weight excluding hydrogens is 449 g/mol. The van der Waals surface area contributed by atoms with Crippen LogP contribution in [0, 0.1) is 4.91 Å². The summed E-state index contributed by atoms with van der Waals surface area (Å²) >= 11 is 0. The molecule has 0 aromatic heterocycles. The van der Waals surface area contributed by atoms with Crippen LogP contribution < -0.4 is 11.1 Å². The molecule has 8 nitrogen and oxygen atoms in total. The van der Waals surface area contributed by atoms with E-state index in [2.05, 4.69) is 32.4 Å². The lowest BCUT2D eigenvalue weighted by molar-refractivity contribution is -0.0662. The average molecular weight is 496 g/mol. The summed E-state index contributed by atoms with van der Waals surface area (Å²) in [7, 11) is 3.64. The molecule has 200 valence electrons. The van der Waals surface area contributed by atoms with E-state index in [-0.39, 0.29) is 18.2 Å². The number of likely N-dealkylation sites (tertiary alicyclic amines) is 1. The third-order valence-electron chi connectivity index (χ3n) is 7.05. The standard InChI is InChI=1S/C26H46FN5O3/c1-5-21(10-6-7-12-32-13-8-9-14-32)26(34-4)24(18-27)29-19-22(28)11-15-31(3)23-16-20(2)35-25(17-23)30-33/h5-7,19-20,23-26,29H,8-18,28H2,1-4H3/b7-6-,21-5+,22-19-. The molecule has 2 aliphatic heterocycles. The van der Waals surface area contributed by atoms with Gasteiger partial charge in [-0.1, -0.05) is 18.2 Å². The number of halogens is 1. The van der Waals surface area contributed by atoms with Crippen LogP contribution in [0.15, 0.2) is 40.9 Å². The molecule has 0 spiro atoms. The second kappa shape index (κ2) is 16.0. The highest BCUT2D eigenvalue weighted by atomic mass is 19.1. The molecule has 2 heterocycles. The highest BCUT2D eigenvalue weighted by Gasteiger charge is 2.30. The van der Waals surface area contributed by atoms with Gasteiger partial charge in [-0.25, -0.2) is 4.39 Å². The summed E-state index contributed by atoms with van der Waals surface area (Å²) in [5, 5.41) is 6.21. The minimum absolute atomic E-state index is 0.000578. The van der Waals surface area contributed by atoms with Crippen molar-refractivity contribution >= 4 is 0 Å². The number of hydrogen-bond donors (Lipinski definition) is 2. The van der Waals surface area contributed by atoms with Crippen LogP contribution >= 0.6 is 0 Å². The second-order valence-electron chi connectivity index (χ2n) is 9.71.